The summed E-state index contributed by atoms with van der Waals surface area (Å²) in [5.41, 5.74) is 3.41. The summed E-state index contributed by atoms with van der Waals surface area (Å²) >= 11 is 0. The zero-order chi connectivity index (χ0) is 25.2. The summed E-state index contributed by atoms with van der Waals surface area (Å²) in [5.74, 6) is -0.837. The molecule has 36 heavy (non-hydrogen) atoms. The molecule has 3 aromatic heterocycles. The molecule has 4 heterocycles. The third-order valence-corrected chi connectivity index (χ3v) is 6.68. The zero-order valence-electron chi connectivity index (χ0n) is 20.9. The normalized spacial score (nSPS) is 14.7. The maximum atomic E-state index is 14.6. The molecule has 0 atom stereocenters. The molecule has 4 aromatic rings. The molecule has 9 nitrogen and oxygen atoms in total. The van der Waals surface area contributed by atoms with E-state index in [1.54, 1.807) is 30.8 Å². The van der Waals surface area contributed by atoms with Gasteiger partial charge in [-0.1, -0.05) is 6.92 Å². The Morgan fingerprint density at radius 3 is 2.78 bits per heavy atom. The summed E-state index contributed by atoms with van der Waals surface area (Å²) in [6.07, 6.45) is 7.50. The fourth-order valence-electron chi connectivity index (χ4n) is 4.96. The number of rotatable bonds is 8. The average molecular weight is 494 g/mol. The Morgan fingerprint density at radius 2 is 2.03 bits per heavy atom. The van der Waals surface area contributed by atoms with Gasteiger partial charge in [-0.05, 0) is 38.4 Å². The van der Waals surface area contributed by atoms with Gasteiger partial charge in [0.1, 0.15) is 5.52 Å². The van der Waals surface area contributed by atoms with Crippen LogP contribution in [0.25, 0.3) is 16.6 Å². The highest BCUT2D eigenvalue weighted by Gasteiger charge is 2.23. The van der Waals surface area contributed by atoms with Gasteiger partial charge in [-0.25, -0.2) is 9.37 Å². The lowest BCUT2D eigenvalue weighted by atomic mass is 10.0. The van der Waals surface area contributed by atoms with Gasteiger partial charge in [-0.15, -0.1) is 0 Å². The van der Waals surface area contributed by atoms with Crippen molar-refractivity contribution in [3.63, 3.8) is 0 Å². The van der Waals surface area contributed by atoms with Gasteiger partial charge in [-0.2, -0.15) is 5.10 Å². The number of fused-ring (bicyclic) bond motifs is 2. The number of halogens is 1. The van der Waals surface area contributed by atoms with Crippen LogP contribution in [0, 0.1) is 12.7 Å². The number of carbonyl (C=O) groups excluding carboxylic acids is 1. The van der Waals surface area contributed by atoms with E-state index in [1.807, 2.05) is 23.0 Å². The number of hydrogen-bond acceptors (Lipinski definition) is 6. The molecule has 0 aliphatic carbocycles. The van der Waals surface area contributed by atoms with Crippen molar-refractivity contribution < 1.29 is 13.9 Å². The Bertz CT molecular complexity index is 1390. The Morgan fingerprint density at radius 1 is 1.22 bits per heavy atom. The van der Waals surface area contributed by atoms with Crippen molar-refractivity contribution in [3.05, 3.63) is 53.9 Å². The first-order valence-electron chi connectivity index (χ1n) is 12.4. The fraction of sp³-hybridized carbons (Fsp3) is 0.423. The van der Waals surface area contributed by atoms with E-state index >= 15 is 0 Å². The maximum absolute atomic E-state index is 14.6. The molecule has 0 unspecified atom stereocenters. The minimum Gasteiger partial charge on any atom is -0.383 e. The summed E-state index contributed by atoms with van der Waals surface area (Å²) in [5, 5.41) is 12.0. The van der Waals surface area contributed by atoms with Crippen molar-refractivity contribution in [2.75, 3.05) is 43.6 Å². The summed E-state index contributed by atoms with van der Waals surface area (Å²) < 4.78 is 23.2. The number of anilines is 2. The molecule has 1 amide bonds. The highest BCUT2D eigenvalue weighted by atomic mass is 19.1. The second-order valence-corrected chi connectivity index (χ2v) is 9.24. The number of carbonyl (C=O) groups is 1. The molecule has 1 aliphatic rings. The highest BCUT2D eigenvalue weighted by molar-refractivity contribution is 6.13. The van der Waals surface area contributed by atoms with Crippen LogP contribution in [0.2, 0.25) is 0 Å². The number of imidazole rings is 1. The largest absolute Gasteiger partial charge is 0.383 e. The third kappa shape index (κ3) is 4.78. The van der Waals surface area contributed by atoms with Crippen molar-refractivity contribution in [3.8, 4) is 0 Å². The molecule has 0 bridgehead atoms. The van der Waals surface area contributed by atoms with Crippen LogP contribution in [0.3, 0.4) is 0 Å². The molecule has 1 aromatic carbocycles. The first-order chi connectivity index (χ1) is 17.5. The van der Waals surface area contributed by atoms with Gasteiger partial charge < -0.3 is 24.7 Å². The monoisotopic (exact) mass is 493 g/mol. The van der Waals surface area contributed by atoms with Gasteiger partial charge >= 0.3 is 0 Å². The molecule has 1 fully saturated rings. The van der Waals surface area contributed by atoms with E-state index in [2.05, 4.69) is 27.4 Å². The molecule has 1 aliphatic heterocycles. The van der Waals surface area contributed by atoms with Gasteiger partial charge in [0.25, 0.3) is 5.91 Å². The lowest BCUT2D eigenvalue weighted by Crippen LogP contribution is -2.42. The van der Waals surface area contributed by atoms with Crippen LogP contribution in [0.5, 0.6) is 0 Å². The number of amides is 1. The number of aromatic nitrogens is 4. The predicted octanol–water partition coefficient (Wildman–Crippen LogP) is 3.61. The number of benzene rings is 1. The van der Waals surface area contributed by atoms with E-state index in [0.29, 0.717) is 41.7 Å². The van der Waals surface area contributed by atoms with Crippen molar-refractivity contribution >= 4 is 33.8 Å². The van der Waals surface area contributed by atoms with Crippen LogP contribution in [-0.4, -0.2) is 64.5 Å². The first-order valence-corrected chi connectivity index (χ1v) is 12.4. The smallest absolute Gasteiger partial charge is 0.257 e. The van der Waals surface area contributed by atoms with Crippen LogP contribution in [0.4, 0.5) is 15.8 Å². The van der Waals surface area contributed by atoms with Crippen molar-refractivity contribution in [1.82, 2.24) is 24.5 Å². The molecular formula is C26H32FN7O2. The lowest BCUT2D eigenvalue weighted by Gasteiger charge is -2.34. The number of pyridine rings is 1. The zero-order valence-corrected chi connectivity index (χ0v) is 20.9. The number of ether oxygens (including phenoxy) is 1. The standard InChI is InChI=1S/C26H32FN7O2/c1-4-28-18-7-9-32(10-8-18)23-6-5-20(24-21(23)16-34(31-24)11-12-36-3)26(35)30-19-13-22(27)25-29-17(2)14-33(25)15-19/h5-6,13-16,18,28H,4,7-12H2,1-3H3,(H,30,35). The molecule has 190 valence electrons. The Hall–Kier alpha value is -3.50. The quantitative estimate of drug-likeness (QED) is 0.390. The molecule has 5 rings (SSSR count). The van der Waals surface area contributed by atoms with E-state index in [-0.39, 0.29) is 11.6 Å². The minimum atomic E-state index is -0.494. The average Bonchev–Trinajstić information content (AvgIpc) is 3.46. The SMILES string of the molecule is CCNC1CCN(c2ccc(C(=O)Nc3cc(F)c4nc(C)cn4c3)c3nn(CCOC)cc23)CC1. The summed E-state index contributed by atoms with van der Waals surface area (Å²) in [6, 6.07) is 5.63. The third-order valence-electron chi connectivity index (χ3n) is 6.68. The molecule has 10 heteroatoms. The fourth-order valence-corrected chi connectivity index (χ4v) is 4.96. The van der Waals surface area contributed by atoms with Crippen molar-refractivity contribution in [1.29, 1.82) is 0 Å². The number of piperidine rings is 1. The number of methoxy groups -OCH3 is 1. The molecule has 0 radical (unpaired) electrons. The van der Waals surface area contributed by atoms with Crippen molar-refractivity contribution in [2.45, 2.75) is 39.3 Å². The first kappa shape index (κ1) is 24.2. The Balaban J connectivity index is 1.46. The van der Waals surface area contributed by atoms with Crippen LogP contribution in [0.15, 0.2) is 36.8 Å². The summed E-state index contributed by atoms with van der Waals surface area (Å²) in [6.45, 7) is 7.87. The number of aryl methyl sites for hydroxylation is 1. The van der Waals surface area contributed by atoms with Crippen LogP contribution in [-0.2, 0) is 11.3 Å². The van der Waals surface area contributed by atoms with Crippen LogP contribution < -0.4 is 15.5 Å². The van der Waals surface area contributed by atoms with Gasteiger partial charge in [0.2, 0.25) is 0 Å². The number of nitrogens with zero attached hydrogens (tertiary/aromatic N) is 5. The van der Waals surface area contributed by atoms with E-state index in [4.69, 9.17) is 9.84 Å². The predicted molar refractivity (Wildman–Crippen MR) is 138 cm³/mol. The van der Waals surface area contributed by atoms with E-state index in [9.17, 15) is 9.18 Å². The summed E-state index contributed by atoms with van der Waals surface area (Å²) in [4.78, 5) is 19.9. The van der Waals surface area contributed by atoms with Gasteiger partial charge in [0.05, 0.1) is 30.1 Å². The summed E-state index contributed by atoms with van der Waals surface area (Å²) in [7, 11) is 1.65. The Labute approximate surface area is 209 Å². The number of hydrogen-bond donors (Lipinski definition) is 2. The topological polar surface area (TPSA) is 88.7 Å². The number of nitrogens with one attached hydrogen (secondary N) is 2. The molecule has 0 spiro atoms. The minimum absolute atomic E-state index is 0.229. The second-order valence-electron chi connectivity index (χ2n) is 9.24. The van der Waals surface area contributed by atoms with Crippen molar-refractivity contribution in [2.24, 2.45) is 0 Å². The van der Waals surface area contributed by atoms with E-state index < -0.39 is 5.82 Å². The van der Waals surface area contributed by atoms with Crippen LogP contribution in [0.1, 0.15) is 35.8 Å². The van der Waals surface area contributed by atoms with Gasteiger partial charge in [0, 0.05) is 62.0 Å². The molecular weight excluding hydrogens is 461 g/mol. The van der Waals surface area contributed by atoms with E-state index in [1.165, 1.54) is 6.07 Å². The Kier molecular flexibility index (Phi) is 6.88. The highest BCUT2D eigenvalue weighted by Crippen LogP contribution is 2.31. The molecule has 1 saturated heterocycles. The molecule has 0 saturated carbocycles. The van der Waals surface area contributed by atoms with Crippen LogP contribution >= 0.6 is 0 Å². The molecule has 2 N–H and O–H groups in total. The maximum Gasteiger partial charge on any atom is 0.257 e. The van der Waals surface area contributed by atoms with Gasteiger partial charge in [0.15, 0.2) is 11.5 Å². The van der Waals surface area contributed by atoms with Gasteiger partial charge in [-0.3, -0.25) is 9.48 Å². The van der Waals surface area contributed by atoms with E-state index in [0.717, 1.165) is 43.5 Å². The second kappa shape index (κ2) is 10.2. The lowest BCUT2D eigenvalue weighted by molar-refractivity contribution is 0.102.